The molecule has 0 aromatic heterocycles. The summed E-state index contributed by atoms with van der Waals surface area (Å²) in [6.45, 7) is 4.49. The van der Waals surface area contributed by atoms with Crippen molar-refractivity contribution in [1.82, 2.24) is 4.90 Å². The molecule has 1 amide bonds. The summed E-state index contributed by atoms with van der Waals surface area (Å²) in [6, 6.07) is 0. The monoisotopic (exact) mass is 359 g/mol. The van der Waals surface area contributed by atoms with Gasteiger partial charge in [0, 0.05) is 25.9 Å². The first kappa shape index (κ1) is 22.3. The lowest BCUT2D eigenvalue weighted by Crippen LogP contribution is -2.45. The molecule has 1 aliphatic rings. The minimum atomic E-state index is -0.877. The molecule has 0 aliphatic carbocycles. The van der Waals surface area contributed by atoms with Crippen molar-refractivity contribution in [3.63, 3.8) is 0 Å². The smallest absolute Gasteiger partial charge is 0.251 e. The number of hydrogen-bond donors (Lipinski definition) is 1. The van der Waals surface area contributed by atoms with Crippen LogP contribution in [-0.2, 0) is 9.53 Å². The molecule has 0 aromatic carbocycles. The Morgan fingerprint density at radius 2 is 1.65 bits per heavy atom. The van der Waals surface area contributed by atoms with E-state index in [-0.39, 0.29) is 5.91 Å². The molecule has 1 fully saturated rings. The number of hydrogen-bond acceptors (Lipinski definition) is 3. The largest absolute Gasteiger partial charge is 0.383 e. The molecule has 26 heavy (non-hydrogen) atoms. The van der Waals surface area contributed by atoms with E-state index in [9.17, 15) is 9.90 Å². The van der Waals surface area contributed by atoms with Crippen molar-refractivity contribution < 1.29 is 14.6 Å². The molecule has 0 radical (unpaired) electrons. The molecule has 4 heteroatoms. The van der Waals surface area contributed by atoms with Gasteiger partial charge < -0.3 is 14.7 Å². The van der Waals surface area contributed by atoms with Gasteiger partial charge >= 0.3 is 0 Å². The molecule has 1 atom stereocenters. The molecule has 1 aliphatic heterocycles. The molecular weight excluding hydrogens is 326 g/mol. The number of unbranched alkanes of at least 4 members (excludes halogenated alkanes) is 6. The highest BCUT2D eigenvalue weighted by Gasteiger charge is 2.23. The van der Waals surface area contributed by atoms with Crippen LogP contribution in [0.3, 0.4) is 0 Å². The summed E-state index contributed by atoms with van der Waals surface area (Å²) in [6.07, 6.45) is 11.5. The van der Waals surface area contributed by atoms with Crippen molar-refractivity contribution in [2.24, 2.45) is 0 Å². The first-order valence-corrected chi connectivity index (χ1v) is 9.92. The van der Waals surface area contributed by atoms with Gasteiger partial charge in [0.1, 0.15) is 6.10 Å². The average molecular weight is 360 g/mol. The van der Waals surface area contributed by atoms with E-state index in [0.717, 1.165) is 32.1 Å². The number of carbonyl (C=O) groups is 1. The van der Waals surface area contributed by atoms with Gasteiger partial charge in [-0.2, -0.15) is 0 Å². The van der Waals surface area contributed by atoms with Gasteiger partial charge in [-0.1, -0.05) is 56.3 Å². The molecular formula is C22H33NO3. The van der Waals surface area contributed by atoms with Crippen molar-refractivity contribution in [2.45, 2.75) is 70.8 Å². The molecule has 0 aromatic rings. The van der Waals surface area contributed by atoms with E-state index in [1.807, 2.05) is 6.08 Å². The first-order valence-electron chi connectivity index (χ1n) is 9.92. The fourth-order valence-electron chi connectivity index (χ4n) is 2.65. The number of allylic oxidation sites excluding steroid dienone is 2. The molecule has 0 bridgehead atoms. The Morgan fingerprint density at radius 1 is 1.04 bits per heavy atom. The SMILES string of the molecule is CCCCCC#C/C=C\C#CCCCCCC(O)C(=O)N1CCOCC1. The molecule has 1 N–H and O–H groups in total. The number of carbonyl (C=O) groups excluding carboxylic acids is 1. The highest BCUT2D eigenvalue weighted by atomic mass is 16.5. The zero-order valence-electron chi connectivity index (χ0n) is 16.1. The minimum Gasteiger partial charge on any atom is -0.383 e. The van der Waals surface area contributed by atoms with Gasteiger partial charge in [-0.15, -0.1) is 0 Å². The maximum Gasteiger partial charge on any atom is 0.251 e. The van der Waals surface area contributed by atoms with E-state index >= 15 is 0 Å². The Labute approximate surface area is 159 Å². The van der Waals surface area contributed by atoms with Gasteiger partial charge in [0.15, 0.2) is 0 Å². The highest BCUT2D eigenvalue weighted by molar-refractivity contribution is 5.80. The lowest BCUT2D eigenvalue weighted by Gasteiger charge is -2.28. The van der Waals surface area contributed by atoms with Crippen LogP contribution in [-0.4, -0.2) is 48.3 Å². The lowest BCUT2D eigenvalue weighted by molar-refractivity contribution is -0.144. The van der Waals surface area contributed by atoms with E-state index in [1.54, 1.807) is 11.0 Å². The number of aliphatic hydroxyl groups is 1. The van der Waals surface area contributed by atoms with E-state index < -0.39 is 6.10 Å². The summed E-state index contributed by atoms with van der Waals surface area (Å²) in [7, 11) is 0. The summed E-state index contributed by atoms with van der Waals surface area (Å²) in [5, 5.41) is 9.98. The second kappa shape index (κ2) is 15.5. The summed E-state index contributed by atoms with van der Waals surface area (Å²) in [5.74, 6) is 12.1. The second-order valence-corrected chi connectivity index (χ2v) is 6.49. The number of aliphatic hydroxyl groups excluding tert-OH is 1. The molecule has 4 nitrogen and oxygen atoms in total. The number of nitrogens with zero attached hydrogens (tertiary/aromatic N) is 1. The van der Waals surface area contributed by atoms with Crippen LogP contribution in [0.15, 0.2) is 12.2 Å². The van der Waals surface area contributed by atoms with Crippen LogP contribution in [0.25, 0.3) is 0 Å². The Morgan fingerprint density at radius 3 is 2.27 bits per heavy atom. The van der Waals surface area contributed by atoms with Crippen LogP contribution in [0.1, 0.15) is 64.7 Å². The highest BCUT2D eigenvalue weighted by Crippen LogP contribution is 2.09. The van der Waals surface area contributed by atoms with Gasteiger partial charge in [0.05, 0.1) is 13.2 Å². The molecule has 0 saturated carbocycles. The maximum absolute atomic E-state index is 12.0. The molecule has 1 unspecified atom stereocenters. The molecule has 1 rings (SSSR count). The van der Waals surface area contributed by atoms with Crippen molar-refractivity contribution in [1.29, 1.82) is 0 Å². The zero-order chi connectivity index (χ0) is 18.9. The zero-order valence-corrected chi connectivity index (χ0v) is 16.1. The average Bonchev–Trinajstić information content (AvgIpc) is 2.68. The fraction of sp³-hybridized carbons (Fsp3) is 0.682. The Kier molecular flexibility index (Phi) is 13.3. The van der Waals surface area contributed by atoms with Gasteiger partial charge in [-0.3, -0.25) is 4.79 Å². The quantitative estimate of drug-likeness (QED) is 0.508. The van der Waals surface area contributed by atoms with E-state index in [4.69, 9.17) is 4.74 Å². The van der Waals surface area contributed by atoms with E-state index in [2.05, 4.69) is 30.6 Å². The van der Waals surface area contributed by atoms with Gasteiger partial charge in [0.2, 0.25) is 0 Å². The van der Waals surface area contributed by atoms with Crippen LogP contribution >= 0.6 is 0 Å². The number of morpholine rings is 1. The van der Waals surface area contributed by atoms with Gasteiger partial charge in [-0.25, -0.2) is 0 Å². The summed E-state index contributed by atoms with van der Waals surface area (Å²) in [5.41, 5.74) is 0. The van der Waals surface area contributed by atoms with E-state index in [1.165, 1.54) is 19.3 Å². The van der Waals surface area contributed by atoms with Crippen LogP contribution in [0.2, 0.25) is 0 Å². The summed E-state index contributed by atoms with van der Waals surface area (Å²) < 4.78 is 5.22. The predicted molar refractivity (Wildman–Crippen MR) is 105 cm³/mol. The van der Waals surface area contributed by atoms with Crippen molar-refractivity contribution in [2.75, 3.05) is 26.3 Å². The third-order valence-corrected chi connectivity index (χ3v) is 4.25. The van der Waals surface area contributed by atoms with Crippen molar-refractivity contribution >= 4 is 5.91 Å². The Hall–Kier alpha value is -1.75. The van der Waals surface area contributed by atoms with Crippen molar-refractivity contribution in [3.8, 4) is 23.7 Å². The van der Waals surface area contributed by atoms with Gasteiger partial charge in [-0.05, 0) is 31.4 Å². The fourth-order valence-corrected chi connectivity index (χ4v) is 2.65. The Balaban J connectivity index is 2.02. The molecule has 144 valence electrons. The second-order valence-electron chi connectivity index (χ2n) is 6.49. The van der Waals surface area contributed by atoms with E-state index in [0.29, 0.717) is 32.7 Å². The van der Waals surface area contributed by atoms with Crippen LogP contribution in [0.5, 0.6) is 0 Å². The molecule has 0 spiro atoms. The van der Waals surface area contributed by atoms with Crippen LogP contribution in [0, 0.1) is 23.7 Å². The third-order valence-electron chi connectivity index (χ3n) is 4.25. The number of amides is 1. The molecule has 1 heterocycles. The Bertz CT molecular complexity index is 527. The van der Waals surface area contributed by atoms with Crippen molar-refractivity contribution in [3.05, 3.63) is 12.2 Å². The topological polar surface area (TPSA) is 49.8 Å². The maximum atomic E-state index is 12.0. The normalized spacial score (nSPS) is 15.1. The number of ether oxygens (including phenoxy) is 1. The summed E-state index contributed by atoms with van der Waals surface area (Å²) >= 11 is 0. The standard InChI is InChI=1S/C22H33NO3/c1-2-3-4-5-6-7-8-9-10-11-12-13-14-15-16-21(24)22(25)23-17-19-26-20-18-23/h8-9,21,24H,2-5,12-20H2,1H3/b9-8-. The van der Waals surface area contributed by atoms with Crippen LogP contribution in [0.4, 0.5) is 0 Å². The van der Waals surface area contributed by atoms with Crippen LogP contribution < -0.4 is 0 Å². The lowest BCUT2D eigenvalue weighted by atomic mass is 10.1. The predicted octanol–water partition coefficient (Wildman–Crippen LogP) is 3.30. The van der Waals surface area contributed by atoms with Gasteiger partial charge in [0.25, 0.3) is 5.91 Å². The summed E-state index contributed by atoms with van der Waals surface area (Å²) in [4.78, 5) is 13.7. The third kappa shape index (κ3) is 11.0. The minimum absolute atomic E-state index is 0.158. The first-order chi connectivity index (χ1) is 12.8. The number of rotatable bonds is 9. The molecule has 1 saturated heterocycles.